The van der Waals surface area contributed by atoms with Crippen molar-refractivity contribution in [1.29, 1.82) is 0 Å². The second-order valence-corrected chi connectivity index (χ2v) is 7.60. The van der Waals surface area contributed by atoms with Gasteiger partial charge in [-0.3, -0.25) is 4.79 Å². The van der Waals surface area contributed by atoms with Crippen molar-refractivity contribution in [2.45, 2.75) is 50.6 Å². The first-order valence-electron chi connectivity index (χ1n) is 9.31. The number of aromatic nitrogens is 2. The molecule has 0 radical (unpaired) electrons. The molecule has 1 aliphatic heterocycles. The van der Waals surface area contributed by atoms with E-state index in [-0.39, 0.29) is 24.4 Å². The Morgan fingerprint density at radius 2 is 2.04 bits per heavy atom. The fourth-order valence-electron chi connectivity index (χ4n) is 4.01. The summed E-state index contributed by atoms with van der Waals surface area (Å²) in [4.78, 5) is 16.8. The topological polar surface area (TPSA) is 80.1 Å². The molecule has 1 aromatic carbocycles. The van der Waals surface area contributed by atoms with E-state index >= 15 is 0 Å². The summed E-state index contributed by atoms with van der Waals surface area (Å²) in [7, 11) is 0. The smallest absolute Gasteiger partial charge is 0.237 e. The summed E-state index contributed by atoms with van der Waals surface area (Å²) in [5.74, 6) is 1.79. The zero-order valence-electron chi connectivity index (χ0n) is 15.0. The van der Waals surface area contributed by atoms with E-state index in [9.17, 15) is 4.79 Å². The van der Waals surface area contributed by atoms with E-state index in [4.69, 9.17) is 16.1 Å². The van der Waals surface area contributed by atoms with E-state index in [1.807, 2.05) is 12.1 Å². The van der Waals surface area contributed by atoms with Crippen LogP contribution in [0.5, 0.6) is 0 Å². The van der Waals surface area contributed by atoms with Crippen LogP contribution in [0.1, 0.15) is 38.0 Å². The van der Waals surface area contributed by atoms with Gasteiger partial charge in [0.25, 0.3) is 0 Å². The molecule has 1 saturated carbocycles. The number of carbonyl (C=O) groups excluding carboxylic acids is 1. The highest BCUT2D eigenvalue weighted by molar-refractivity contribution is 6.30. The molecule has 2 aliphatic rings. The first-order valence-corrected chi connectivity index (χ1v) is 9.69. The van der Waals surface area contributed by atoms with Gasteiger partial charge in [0.1, 0.15) is 0 Å². The number of benzene rings is 1. The average Bonchev–Trinajstić information content (AvgIpc) is 3.29. The Kier molecular flexibility index (Phi) is 6.73. The molecular weight excluding hydrogens is 387 g/mol. The van der Waals surface area contributed by atoms with Crippen LogP contribution in [0.3, 0.4) is 0 Å². The minimum atomic E-state index is -0.0598. The van der Waals surface area contributed by atoms with Crippen molar-refractivity contribution in [3.63, 3.8) is 0 Å². The Balaban J connectivity index is 0.00000210. The SMILES string of the molecule is Cl.O=C(NCCc1nc(-c2ccc(Cl)cc2)no1)C1CC2CCCCC2N1. The van der Waals surface area contributed by atoms with E-state index < -0.39 is 0 Å². The summed E-state index contributed by atoms with van der Waals surface area (Å²) in [6.07, 6.45) is 6.49. The van der Waals surface area contributed by atoms with Crippen LogP contribution in [-0.4, -0.2) is 34.7 Å². The van der Waals surface area contributed by atoms with E-state index in [2.05, 4.69) is 20.8 Å². The number of rotatable bonds is 5. The number of nitrogens with one attached hydrogen (secondary N) is 2. The summed E-state index contributed by atoms with van der Waals surface area (Å²) in [5.41, 5.74) is 0.853. The lowest BCUT2D eigenvalue weighted by molar-refractivity contribution is -0.122. The predicted molar refractivity (Wildman–Crippen MR) is 106 cm³/mol. The zero-order valence-corrected chi connectivity index (χ0v) is 16.6. The molecule has 2 fully saturated rings. The number of fused-ring (bicyclic) bond motifs is 1. The van der Waals surface area contributed by atoms with Gasteiger partial charge in [0.2, 0.25) is 17.6 Å². The molecule has 146 valence electrons. The number of halogens is 2. The first kappa shape index (κ1) is 20.1. The van der Waals surface area contributed by atoms with Gasteiger partial charge < -0.3 is 15.2 Å². The number of nitrogens with zero attached hydrogens (tertiary/aromatic N) is 2. The number of hydrogen-bond acceptors (Lipinski definition) is 5. The monoisotopic (exact) mass is 410 g/mol. The summed E-state index contributed by atoms with van der Waals surface area (Å²) < 4.78 is 5.27. The third kappa shape index (κ3) is 4.81. The van der Waals surface area contributed by atoms with Crippen molar-refractivity contribution >= 4 is 29.9 Å². The maximum Gasteiger partial charge on any atom is 0.237 e. The van der Waals surface area contributed by atoms with Crippen molar-refractivity contribution in [1.82, 2.24) is 20.8 Å². The molecule has 2 aromatic rings. The second kappa shape index (κ2) is 9.04. The molecule has 27 heavy (non-hydrogen) atoms. The maximum absolute atomic E-state index is 12.4. The largest absolute Gasteiger partial charge is 0.354 e. The lowest BCUT2D eigenvalue weighted by Crippen LogP contribution is -2.43. The minimum absolute atomic E-state index is 0. The standard InChI is InChI=1S/C19H23ClN4O2.ClH/c20-14-7-5-12(6-8-14)18-23-17(26-24-18)9-10-21-19(25)16-11-13-3-1-2-4-15(13)22-16;/h5-8,13,15-16,22H,1-4,9-11H2,(H,21,25);1H. The molecule has 1 aliphatic carbocycles. The van der Waals surface area contributed by atoms with Gasteiger partial charge in [-0.1, -0.05) is 29.6 Å². The third-order valence-corrected chi connectivity index (χ3v) is 5.64. The number of hydrogen-bond donors (Lipinski definition) is 2. The van der Waals surface area contributed by atoms with Gasteiger partial charge in [-0.25, -0.2) is 0 Å². The van der Waals surface area contributed by atoms with Crippen LogP contribution >= 0.6 is 24.0 Å². The highest BCUT2D eigenvalue weighted by atomic mass is 35.5. The molecule has 2 heterocycles. The molecule has 3 atom stereocenters. The quantitative estimate of drug-likeness (QED) is 0.789. The Labute approximate surface area is 169 Å². The number of carbonyl (C=O) groups is 1. The lowest BCUT2D eigenvalue weighted by atomic mass is 9.85. The van der Waals surface area contributed by atoms with Gasteiger partial charge >= 0.3 is 0 Å². The van der Waals surface area contributed by atoms with Crippen molar-refractivity contribution < 1.29 is 9.32 Å². The minimum Gasteiger partial charge on any atom is -0.354 e. The summed E-state index contributed by atoms with van der Waals surface area (Å²) in [5, 5.41) is 11.1. The summed E-state index contributed by atoms with van der Waals surface area (Å²) in [6, 6.07) is 7.75. The molecule has 4 rings (SSSR count). The van der Waals surface area contributed by atoms with Gasteiger partial charge in [0.05, 0.1) is 6.04 Å². The fraction of sp³-hybridized carbons (Fsp3) is 0.526. The molecule has 1 aromatic heterocycles. The Morgan fingerprint density at radius 3 is 2.81 bits per heavy atom. The normalized spacial score (nSPS) is 24.1. The van der Waals surface area contributed by atoms with E-state index in [0.29, 0.717) is 41.7 Å². The molecule has 8 heteroatoms. The van der Waals surface area contributed by atoms with Crippen molar-refractivity contribution in [2.24, 2.45) is 5.92 Å². The molecule has 0 bridgehead atoms. The van der Waals surface area contributed by atoms with Gasteiger partial charge in [-0.05, 0) is 49.4 Å². The van der Waals surface area contributed by atoms with Gasteiger partial charge in [0.15, 0.2) is 0 Å². The first-order chi connectivity index (χ1) is 12.7. The van der Waals surface area contributed by atoms with Crippen LogP contribution in [0.2, 0.25) is 5.02 Å². The highest BCUT2D eigenvalue weighted by Gasteiger charge is 2.37. The average molecular weight is 411 g/mol. The molecule has 0 spiro atoms. The van der Waals surface area contributed by atoms with Crippen LogP contribution in [0.25, 0.3) is 11.4 Å². The molecule has 1 saturated heterocycles. The summed E-state index contributed by atoms with van der Waals surface area (Å²) in [6.45, 7) is 0.495. The molecule has 3 unspecified atom stereocenters. The zero-order chi connectivity index (χ0) is 17.9. The second-order valence-electron chi connectivity index (χ2n) is 7.17. The highest BCUT2D eigenvalue weighted by Crippen LogP contribution is 2.33. The summed E-state index contributed by atoms with van der Waals surface area (Å²) >= 11 is 5.89. The molecule has 6 nitrogen and oxygen atoms in total. The molecule has 1 amide bonds. The Morgan fingerprint density at radius 1 is 1.26 bits per heavy atom. The van der Waals surface area contributed by atoms with Crippen molar-refractivity contribution in [3.05, 3.63) is 35.2 Å². The lowest BCUT2D eigenvalue weighted by Gasteiger charge is -2.24. The van der Waals surface area contributed by atoms with Crippen molar-refractivity contribution in [2.75, 3.05) is 6.54 Å². The predicted octanol–water partition coefficient (Wildman–Crippen LogP) is 3.39. The van der Waals surface area contributed by atoms with E-state index in [1.165, 1.54) is 25.7 Å². The Bertz CT molecular complexity index is 751. The van der Waals surface area contributed by atoms with Gasteiger partial charge in [-0.15, -0.1) is 12.4 Å². The van der Waals surface area contributed by atoms with Crippen LogP contribution in [0.15, 0.2) is 28.8 Å². The fourth-order valence-corrected chi connectivity index (χ4v) is 4.14. The maximum atomic E-state index is 12.4. The Hall–Kier alpha value is -1.63. The van der Waals surface area contributed by atoms with Gasteiger partial charge in [-0.2, -0.15) is 4.98 Å². The van der Waals surface area contributed by atoms with E-state index in [1.54, 1.807) is 12.1 Å². The van der Waals surface area contributed by atoms with Crippen LogP contribution < -0.4 is 10.6 Å². The molecular formula is C19H24Cl2N4O2. The van der Waals surface area contributed by atoms with Crippen molar-refractivity contribution in [3.8, 4) is 11.4 Å². The van der Waals surface area contributed by atoms with Gasteiger partial charge in [0, 0.05) is 29.6 Å². The van der Waals surface area contributed by atoms with Crippen LogP contribution in [0, 0.1) is 5.92 Å². The van der Waals surface area contributed by atoms with E-state index in [0.717, 1.165) is 12.0 Å². The van der Waals surface area contributed by atoms with Crippen LogP contribution in [-0.2, 0) is 11.2 Å². The van der Waals surface area contributed by atoms with Crippen LogP contribution in [0.4, 0.5) is 0 Å². The third-order valence-electron chi connectivity index (χ3n) is 5.39. The molecule has 2 N–H and O–H groups in total. The number of amides is 1.